The van der Waals surface area contributed by atoms with E-state index in [9.17, 15) is 5.11 Å². The molecule has 0 aromatic heterocycles. The lowest BCUT2D eigenvalue weighted by atomic mass is 10.1. The molecule has 0 atom stereocenters. The topological polar surface area (TPSA) is 19.9 Å². The maximum Gasteiger partial charge on any atom is 0.227 e. The van der Waals surface area contributed by atoms with Gasteiger partial charge in [0.1, 0.15) is 0 Å². The van der Waals surface area contributed by atoms with Crippen molar-refractivity contribution < 1.29 is 5.11 Å². The normalized spacial score (nSPS) is 12.9. The first-order chi connectivity index (χ1) is 6.25. The average Bonchev–Trinajstić information content (AvgIpc) is 2.03. The van der Waals surface area contributed by atoms with Crippen LogP contribution in [-0.2, 0) is 9.44 Å². The lowest BCUT2D eigenvalue weighted by Crippen LogP contribution is -2.28. The second-order valence-corrected chi connectivity index (χ2v) is 6.21. The largest absolute Gasteiger partial charge is 0.290 e. The molecule has 1 aromatic rings. The van der Waals surface area contributed by atoms with Crippen LogP contribution in [0.1, 0.15) is 5.56 Å². The second kappa shape index (κ2) is 4.15. The number of benzene rings is 1. The van der Waals surface area contributed by atoms with Gasteiger partial charge in [-0.15, -0.1) is 0 Å². The van der Waals surface area contributed by atoms with E-state index in [-0.39, 0.29) is 5.75 Å². The van der Waals surface area contributed by atoms with Crippen molar-refractivity contribution in [2.75, 3.05) is 0 Å². The summed E-state index contributed by atoms with van der Waals surface area (Å²) in [6, 6.07) is 5.44. The van der Waals surface area contributed by atoms with Crippen molar-refractivity contribution >= 4 is 58.0 Å². The zero-order valence-corrected chi connectivity index (χ0v) is 10.4. The van der Waals surface area contributed by atoms with Crippen LogP contribution in [0.4, 0.5) is 0 Å². The van der Waals surface area contributed by atoms with Gasteiger partial charge in [-0.05, 0) is 17.7 Å². The summed E-state index contributed by atoms with van der Waals surface area (Å²) in [4.78, 5) is 0. The third-order valence-corrected chi connectivity index (χ3v) is 4.01. The van der Waals surface area contributed by atoms with E-state index in [1.807, 2.05) is 0 Å². The van der Waals surface area contributed by atoms with Crippen molar-refractivity contribution in [2.24, 2.45) is 0 Å². The first kappa shape index (κ1) is 12.5. The Morgan fingerprint density at radius 3 is 1.64 bits per heavy atom. The van der Waals surface area contributed by atoms with Crippen molar-refractivity contribution in [3.05, 3.63) is 29.8 Å². The number of rotatable bonds is 1. The molecular weight excluding hydrogens is 289 g/mol. The molecule has 0 saturated carbocycles. The van der Waals surface area contributed by atoms with E-state index in [1.54, 1.807) is 0 Å². The molecule has 1 nitrogen and oxygen atoms in total. The van der Waals surface area contributed by atoms with Gasteiger partial charge >= 0.3 is 0 Å². The average molecular weight is 293 g/mol. The molecule has 0 aliphatic rings. The Labute approximate surface area is 106 Å². The van der Waals surface area contributed by atoms with Crippen LogP contribution in [0.15, 0.2) is 24.3 Å². The summed E-state index contributed by atoms with van der Waals surface area (Å²) in [5.41, 5.74) is 0.362. The number of hydrogen-bond donors (Lipinski definition) is 0. The molecule has 0 bridgehead atoms. The molecule has 1 aromatic carbocycles. The predicted molar refractivity (Wildman–Crippen MR) is 60.2 cm³/mol. The van der Waals surface area contributed by atoms with Gasteiger partial charge in [-0.25, -0.2) is 0 Å². The third-order valence-electron chi connectivity index (χ3n) is 1.57. The summed E-state index contributed by atoms with van der Waals surface area (Å²) < 4.78 is -3.54. The van der Waals surface area contributed by atoms with Gasteiger partial charge in [0, 0.05) is 0 Å². The number of halogens is 5. The van der Waals surface area contributed by atoms with Gasteiger partial charge in [-0.3, -0.25) is 5.11 Å². The lowest BCUT2D eigenvalue weighted by molar-refractivity contribution is 0.354. The fraction of sp³-hybridized carbons (Fsp3) is 0.250. The molecule has 0 saturated heterocycles. The summed E-state index contributed by atoms with van der Waals surface area (Å²) in [6.07, 6.45) is 0. The third kappa shape index (κ3) is 2.53. The Hall–Kier alpha value is 0.470. The molecule has 0 fully saturated rings. The van der Waals surface area contributed by atoms with E-state index in [0.717, 1.165) is 0 Å². The summed E-state index contributed by atoms with van der Waals surface area (Å²) in [5.74, 6) is -0.165. The van der Waals surface area contributed by atoms with Crippen molar-refractivity contribution in [1.82, 2.24) is 0 Å². The Kier molecular flexibility index (Phi) is 3.72. The highest BCUT2D eigenvalue weighted by atomic mass is 35.6. The quantitative estimate of drug-likeness (QED) is 0.661. The molecule has 0 heterocycles. The fourth-order valence-corrected chi connectivity index (χ4v) is 1.41. The SMILES string of the molecule is [O]c1ccc(C(Cl)(Cl)C(Cl)(Cl)Cl)cc1. The molecular formula is C8H4Cl5O. The van der Waals surface area contributed by atoms with Crippen molar-refractivity contribution in [1.29, 1.82) is 0 Å². The van der Waals surface area contributed by atoms with Crippen LogP contribution < -0.4 is 0 Å². The fourth-order valence-electron chi connectivity index (χ4n) is 0.828. The van der Waals surface area contributed by atoms with Crippen LogP contribution in [-0.4, -0.2) is 3.79 Å². The van der Waals surface area contributed by atoms with Crippen molar-refractivity contribution in [3.63, 3.8) is 0 Å². The molecule has 14 heavy (non-hydrogen) atoms. The Morgan fingerprint density at radius 1 is 0.857 bits per heavy atom. The maximum absolute atomic E-state index is 10.8. The first-order valence-electron chi connectivity index (χ1n) is 3.47. The number of alkyl halides is 5. The monoisotopic (exact) mass is 291 g/mol. The van der Waals surface area contributed by atoms with E-state index in [4.69, 9.17) is 58.0 Å². The summed E-state index contributed by atoms with van der Waals surface area (Å²) >= 11 is 28.5. The van der Waals surface area contributed by atoms with Gasteiger partial charge < -0.3 is 0 Å². The van der Waals surface area contributed by atoms with Crippen LogP contribution >= 0.6 is 58.0 Å². The molecule has 0 aliphatic heterocycles. The summed E-state index contributed by atoms with van der Waals surface area (Å²) in [7, 11) is 0. The molecule has 77 valence electrons. The summed E-state index contributed by atoms with van der Waals surface area (Å²) in [6.45, 7) is 0. The van der Waals surface area contributed by atoms with Crippen LogP contribution in [0.5, 0.6) is 5.75 Å². The smallest absolute Gasteiger partial charge is 0.227 e. The Bertz CT molecular complexity index is 313. The van der Waals surface area contributed by atoms with E-state index >= 15 is 0 Å². The first-order valence-corrected chi connectivity index (χ1v) is 5.36. The minimum atomic E-state index is -1.86. The van der Waals surface area contributed by atoms with Gasteiger partial charge in [0.05, 0.1) is 0 Å². The molecule has 0 N–H and O–H groups in total. The molecule has 0 unspecified atom stereocenters. The Morgan fingerprint density at radius 2 is 1.29 bits per heavy atom. The van der Waals surface area contributed by atoms with Gasteiger partial charge in [0.2, 0.25) is 3.79 Å². The van der Waals surface area contributed by atoms with E-state index in [0.29, 0.717) is 5.56 Å². The Balaban J connectivity index is 3.10. The highest BCUT2D eigenvalue weighted by Crippen LogP contribution is 2.52. The van der Waals surface area contributed by atoms with E-state index < -0.39 is 8.13 Å². The minimum absolute atomic E-state index is 0.165. The van der Waals surface area contributed by atoms with Crippen molar-refractivity contribution in [3.8, 4) is 5.75 Å². The summed E-state index contributed by atoms with van der Waals surface area (Å²) in [5, 5.41) is 10.8. The second-order valence-electron chi connectivity index (χ2n) is 2.60. The van der Waals surface area contributed by atoms with Crippen LogP contribution in [0.25, 0.3) is 0 Å². The molecule has 0 aliphatic carbocycles. The predicted octanol–water partition coefficient (Wildman–Crippen LogP) is 4.83. The molecule has 6 heteroatoms. The van der Waals surface area contributed by atoms with Gasteiger partial charge in [0.25, 0.3) is 0 Å². The standard InChI is InChI=1S/C8H4Cl5O/c9-7(10,8(11,12)13)5-1-3-6(14)4-2-5/h1-4H. The van der Waals surface area contributed by atoms with Gasteiger partial charge in [0.15, 0.2) is 10.1 Å². The maximum atomic E-state index is 10.8. The zero-order valence-electron chi connectivity index (χ0n) is 6.61. The molecule has 0 spiro atoms. The molecule has 1 rings (SSSR count). The van der Waals surface area contributed by atoms with E-state index in [1.165, 1.54) is 24.3 Å². The zero-order chi connectivity index (χ0) is 11.0. The van der Waals surface area contributed by atoms with Crippen LogP contribution in [0.2, 0.25) is 0 Å². The van der Waals surface area contributed by atoms with Crippen LogP contribution in [0.3, 0.4) is 0 Å². The van der Waals surface area contributed by atoms with Gasteiger partial charge in [-0.1, -0.05) is 70.1 Å². The minimum Gasteiger partial charge on any atom is -0.290 e. The van der Waals surface area contributed by atoms with E-state index in [2.05, 4.69) is 0 Å². The highest BCUT2D eigenvalue weighted by molar-refractivity contribution is 6.75. The van der Waals surface area contributed by atoms with Crippen LogP contribution in [0, 0.1) is 0 Å². The number of hydrogen-bond acceptors (Lipinski definition) is 0. The van der Waals surface area contributed by atoms with Gasteiger partial charge in [-0.2, -0.15) is 0 Å². The molecule has 1 radical (unpaired) electrons. The van der Waals surface area contributed by atoms with Crippen molar-refractivity contribution in [2.45, 2.75) is 8.13 Å². The highest BCUT2D eigenvalue weighted by Gasteiger charge is 2.47. The molecule has 0 amide bonds. The lowest BCUT2D eigenvalue weighted by Gasteiger charge is -2.27.